The van der Waals surface area contributed by atoms with E-state index in [4.69, 9.17) is 0 Å². The highest BCUT2D eigenvalue weighted by molar-refractivity contribution is 8.00. The van der Waals surface area contributed by atoms with Gasteiger partial charge in [-0.3, -0.25) is 4.98 Å². The number of alkyl halides is 3. The molecule has 17 heavy (non-hydrogen) atoms. The normalized spacial score (nSPS) is 11.5. The first-order chi connectivity index (χ1) is 8.06. The van der Waals surface area contributed by atoms with Gasteiger partial charge in [-0.05, 0) is 29.0 Å². The molecule has 1 heterocycles. The van der Waals surface area contributed by atoms with Crippen molar-refractivity contribution in [1.82, 2.24) is 4.98 Å². The molecule has 1 aromatic carbocycles. The first-order valence-electron chi connectivity index (χ1n) is 4.81. The molecule has 0 fully saturated rings. The summed E-state index contributed by atoms with van der Waals surface area (Å²) >= 11 is -0.140. The zero-order valence-corrected chi connectivity index (χ0v) is 9.42. The number of pyridine rings is 1. The minimum absolute atomic E-state index is 0.117. The van der Waals surface area contributed by atoms with Crippen LogP contribution in [0.15, 0.2) is 53.7 Å². The van der Waals surface area contributed by atoms with E-state index >= 15 is 0 Å². The molecule has 2 aromatic rings. The highest BCUT2D eigenvalue weighted by Crippen LogP contribution is 2.41. The number of hydrogen-bond donors (Lipinski definition) is 0. The second kappa shape index (κ2) is 4.79. The van der Waals surface area contributed by atoms with Crippen molar-refractivity contribution in [3.63, 3.8) is 0 Å². The average Bonchev–Trinajstić information content (AvgIpc) is 2.29. The van der Waals surface area contributed by atoms with Crippen LogP contribution < -0.4 is 0 Å². The molecule has 0 atom stereocenters. The number of hydrogen-bond acceptors (Lipinski definition) is 2. The Labute approximate surface area is 101 Å². The Morgan fingerprint density at radius 1 is 1.00 bits per heavy atom. The van der Waals surface area contributed by atoms with E-state index in [0.717, 1.165) is 5.56 Å². The van der Waals surface area contributed by atoms with Gasteiger partial charge in [0.15, 0.2) is 0 Å². The molecule has 88 valence electrons. The van der Waals surface area contributed by atoms with E-state index in [9.17, 15) is 13.2 Å². The van der Waals surface area contributed by atoms with Crippen LogP contribution in [0.1, 0.15) is 0 Å². The van der Waals surface area contributed by atoms with Gasteiger partial charge in [-0.2, -0.15) is 13.2 Å². The molecule has 0 spiro atoms. The van der Waals surface area contributed by atoms with E-state index in [0.29, 0.717) is 5.56 Å². The molecule has 0 aliphatic heterocycles. The topological polar surface area (TPSA) is 12.9 Å². The molecule has 0 aliphatic rings. The van der Waals surface area contributed by atoms with Crippen molar-refractivity contribution in [1.29, 1.82) is 0 Å². The lowest BCUT2D eigenvalue weighted by molar-refractivity contribution is -0.0328. The van der Waals surface area contributed by atoms with Crippen molar-refractivity contribution in [3.05, 3.63) is 48.8 Å². The molecule has 0 unspecified atom stereocenters. The molecule has 0 aliphatic carbocycles. The summed E-state index contributed by atoms with van der Waals surface area (Å²) in [5, 5.41) is 0. The van der Waals surface area contributed by atoms with Crippen molar-refractivity contribution in [3.8, 4) is 11.1 Å². The molecule has 2 rings (SSSR count). The fraction of sp³-hybridized carbons (Fsp3) is 0.0833. The summed E-state index contributed by atoms with van der Waals surface area (Å²) < 4.78 is 37.1. The van der Waals surface area contributed by atoms with Gasteiger partial charge in [0.1, 0.15) is 0 Å². The molecule has 5 heteroatoms. The SMILES string of the molecule is FC(F)(F)Sc1cnccc1-c1ccccc1. The molecule has 0 saturated heterocycles. The summed E-state index contributed by atoms with van der Waals surface area (Å²) in [6.07, 6.45) is 2.73. The van der Waals surface area contributed by atoms with Crippen molar-refractivity contribution in [2.45, 2.75) is 10.4 Å². The zero-order valence-electron chi connectivity index (χ0n) is 8.61. The maximum Gasteiger partial charge on any atom is 0.446 e. The lowest BCUT2D eigenvalue weighted by Gasteiger charge is -2.10. The fourth-order valence-electron chi connectivity index (χ4n) is 1.44. The molecule has 1 aromatic heterocycles. The summed E-state index contributed by atoms with van der Waals surface area (Å²) in [5.41, 5.74) is -3.00. The quantitative estimate of drug-likeness (QED) is 0.739. The largest absolute Gasteiger partial charge is 0.446 e. The van der Waals surface area contributed by atoms with Gasteiger partial charge in [0, 0.05) is 17.3 Å². The lowest BCUT2D eigenvalue weighted by atomic mass is 10.1. The van der Waals surface area contributed by atoms with E-state index in [-0.39, 0.29) is 16.7 Å². The Hall–Kier alpha value is -1.49. The summed E-state index contributed by atoms with van der Waals surface area (Å²) in [6, 6.07) is 10.5. The average molecular weight is 255 g/mol. The first kappa shape index (κ1) is 12.0. The number of rotatable bonds is 2. The Morgan fingerprint density at radius 2 is 1.71 bits per heavy atom. The summed E-state index contributed by atoms with van der Waals surface area (Å²) in [5.74, 6) is 0. The maximum absolute atomic E-state index is 12.4. The first-order valence-corrected chi connectivity index (χ1v) is 5.63. The molecular weight excluding hydrogens is 247 g/mol. The van der Waals surface area contributed by atoms with Crippen LogP contribution in [-0.2, 0) is 0 Å². The Balaban J connectivity index is 2.41. The lowest BCUT2D eigenvalue weighted by Crippen LogP contribution is -2.00. The van der Waals surface area contributed by atoms with Crippen LogP contribution in [0.5, 0.6) is 0 Å². The van der Waals surface area contributed by atoms with Crippen molar-refractivity contribution in [2.24, 2.45) is 0 Å². The van der Waals surface area contributed by atoms with Crippen LogP contribution in [0.2, 0.25) is 0 Å². The van der Waals surface area contributed by atoms with Gasteiger partial charge in [-0.1, -0.05) is 30.3 Å². The highest BCUT2D eigenvalue weighted by atomic mass is 32.2. The van der Waals surface area contributed by atoms with Crippen LogP contribution in [0.25, 0.3) is 11.1 Å². The van der Waals surface area contributed by atoms with Gasteiger partial charge in [0.05, 0.1) is 0 Å². The number of benzene rings is 1. The van der Waals surface area contributed by atoms with E-state index in [2.05, 4.69) is 4.98 Å². The fourth-order valence-corrected chi connectivity index (χ4v) is 2.10. The van der Waals surface area contributed by atoms with Gasteiger partial charge in [0.25, 0.3) is 0 Å². The van der Waals surface area contributed by atoms with Gasteiger partial charge < -0.3 is 0 Å². The molecule has 0 amide bonds. The number of aromatic nitrogens is 1. The van der Waals surface area contributed by atoms with E-state index in [1.807, 2.05) is 6.07 Å². The third-order valence-corrected chi connectivity index (χ3v) is 2.87. The van der Waals surface area contributed by atoms with Gasteiger partial charge in [-0.25, -0.2) is 0 Å². The summed E-state index contributed by atoms with van der Waals surface area (Å²) in [6.45, 7) is 0. The van der Waals surface area contributed by atoms with Crippen molar-refractivity contribution >= 4 is 11.8 Å². The number of thioether (sulfide) groups is 1. The van der Waals surface area contributed by atoms with Crippen molar-refractivity contribution < 1.29 is 13.2 Å². The molecule has 0 radical (unpaired) electrons. The zero-order chi connectivity index (χ0) is 12.3. The predicted octanol–water partition coefficient (Wildman–Crippen LogP) is 4.36. The Kier molecular flexibility index (Phi) is 3.38. The van der Waals surface area contributed by atoms with E-state index < -0.39 is 5.51 Å². The second-order valence-corrected chi connectivity index (χ2v) is 4.39. The smallest absolute Gasteiger partial charge is 0.264 e. The molecule has 0 saturated carbocycles. The standard InChI is InChI=1S/C12H8F3NS/c13-12(14,15)17-11-8-16-7-6-10(11)9-4-2-1-3-5-9/h1-8H. The van der Waals surface area contributed by atoms with Crippen LogP contribution in [0.3, 0.4) is 0 Å². The summed E-state index contributed by atoms with van der Waals surface area (Å²) in [4.78, 5) is 3.85. The highest BCUT2D eigenvalue weighted by Gasteiger charge is 2.30. The van der Waals surface area contributed by atoms with Gasteiger partial charge in [0.2, 0.25) is 0 Å². The Bertz CT molecular complexity index is 497. The molecule has 0 bridgehead atoms. The molecule has 1 nitrogen and oxygen atoms in total. The second-order valence-electron chi connectivity index (χ2n) is 3.29. The van der Waals surface area contributed by atoms with E-state index in [1.54, 1.807) is 30.3 Å². The van der Waals surface area contributed by atoms with E-state index in [1.165, 1.54) is 12.4 Å². The third kappa shape index (κ3) is 3.23. The number of halogens is 3. The Morgan fingerprint density at radius 3 is 2.35 bits per heavy atom. The maximum atomic E-state index is 12.4. The number of nitrogens with zero attached hydrogens (tertiary/aromatic N) is 1. The van der Waals surface area contributed by atoms with Gasteiger partial charge in [-0.15, -0.1) is 0 Å². The monoisotopic (exact) mass is 255 g/mol. The van der Waals surface area contributed by atoms with Crippen molar-refractivity contribution in [2.75, 3.05) is 0 Å². The van der Waals surface area contributed by atoms with Crippen LogP contribution in [0.4, 0.5) is 13.2 Å². The third-order valence-electron chi connectivity index (χ3n) is 2.09. The van der Waals surface area contributed by atoms with Crippen LogP contribution >= 0.6 is 11.8 Å². The minimum atomic E-state index is -4.30. The predicted molar refractivity (Wildman–Crippen MR) is 61.6 cm³/mol. The van der Waals surface area contributed by atoms with Crippen LogP contribution in [-0.4, -0.2) is 10.5 Å². The van der Waals surface area contributed by atoms with Crippen LogP contribution in [0, 0.1) is 0 Å². The molecular formula is C12H8F3NS. The minimum Gasteiger partial charge on any atom is -0.264 e. The molecule has 0 N–H and O–H groups in total. The van der Waals surface area contributed by atoms with Gasteiger partial charge >= 0.3 is 5.51 Å². The summed E-state index contributed by atoms with van der Waals surface area (Å²) in [7, 11) is 0.